The molecule has 0 unspecified atom stereocenters. The Morgan fingerprint density at radius 2 is 1.75 bits per heavy atom. The minimum atomic E-state index is -0.0560. The second kappa shape index (κ2) is 7.93. The summed E-state index contributed by atoms with van der Waals surface area (Å²) in [7, 11) is 0. The van der Waals surface area contributed by atoms with Crippen molar-refractivity contribution in [2.75, 3.05) is 13.2 Å². The van der Waals surface area contributed by atoms with E-state index in [1.54, 1.807) is 0 Å². The van der Waals surface area contributed by atoms with Crippen LogP contribution in [0.3, 0.4) is 0 Å². The molecule has 0 fully saturated rings. The van der Waals surface area contributed by atoms with Gasteiger partial charge < -0.3 is 10.1 Å². The molecular weight excluding hydrogens is 250 g/mol. The van der Waals surface area contributed by atoms with Crippen molar-refractivity contribution in [1.82, 2.24) is 5.32 Å². The number of benzene rings is 1. The second-order valence-corrected chi connectivity index (χ2v) is 6.01. The first-order chi connectivity index (χ1) is 9.41. The Hall–Kier alpha value is -1.51. The van der Waals surface area contributed by atoms with E-state index in [0.29, 0.717) is 24.3 Å². The average Bonchev–Trinajstić information content (AvgIpc) is 2.37. The highest BCUT2D eigenvalue weighted by Crippen LogP contribution is 2.19. The summed E-state index contributed by atoms with van der Waals surface area (Å²) in [6.45, 7) is 11.5. The van der Waals surface area contributed by atoms with Crippen molar-refractivity contribution in [3.05, 3.63) is 29.8 Å². The van der Waals surface area contributed by atoms with Gasteiger partial charge in [-0.15, -0.1) is 0 Å². The molecule has 3 nitrogen and oxygen atoms in total. The molecule has 0 bridgehead atoms. The SMILES string of the molecule is Cc1ccccc1OCC(=O)NCC(C(C)C)C(C)C. The lowest BCUT2D eigenvalue weighted by Crippen LogP contribution is -2.36. The van der Waals surface area contributed by atoms with E-state index in [9.17, 15) is 4.79 Å². The largest absolute Gasteiger partial charge is 0.484 e. The van der Waals surface area contributed by atoms with E-state index in [-0.39, 0.29) is 12.5 Å². The summed E-state index contributed by atoms with van der Waals surface area (Å²) in [6.07, 6.45) is 0. The second-order valence-electron chi connectivity index (χ2n) is 6.01. The lowest BCUT2D eigenvalue weighted by molar-refractivity contribution is -0.123. The van der Waals surface area contributed by atoms with Gasteiger partial charge in [-0.05, 0) is 36.3 Å². The third kappa shape index (κ3) is 5.24. The van der Waals surface area contributed by atoms with E-state index in [4.69, 9.17) is 4.74 Å². The van der Waals surface area contributed by atoms with Gasteiger partial charge in [0.25, 0.3) is 5.91 Å². The summed E-state index contributed by atoms with van der Waals surface area (Å²) in [4.78, 5) is 11.8. The first-order valence-corrected chi connectivity index (χ1v) is 7.37. The number of carbonyl (C=O) groups is 1. The predicted octanol–water partition coefficient (Wildman–Crippen LogP) is 3.42. The Labute approximate surface area is 122 Å². The van der Waals surface area contributed by atoms with Crippen LogP contribution >= 0.6 is 0 Å². The van der Waals surface area contributed by atoms with Crippen LogP contribution in [0.1, 0.15) is 33.3 Å². The Morgan fingerprint density at radius 3 is 2.30 bits per heavy atom. The van der Waals surface area contributed by atoms with Crippen LogP contribution in [0.2, 0.25) is 0 Å². The zero-order valence-corrected chi connectivity index (χ0v) is 13.3. The van der Waals surface area contributed by atoms with Gasteiger partial charge in [0.2, 0.25) is 0 Å². The van der Waals surface area contributed by atoms with Gasteiger partial charge in [0.15, 0.2) is 6.61 Å². The van der Waals surface area contributed by atoms with Crippen molar-refractivity contribution in [3.63, 3.8) is 0 Å². The highest BCUT2D eigenvalue weighted by atomic mass is 16.5. The molecule has 0 aliphatic rings. The van der Waals surface area contributed by atoms with Crippen LogP contribution in [0, 0.1) is 24.7 Å². The van der Waals surface area contributed by atoms with Crippen LogP contribution in [0.15, 0.2) is 24.3 Å². The molecule has 20 heavy (non-hydrogen) atoms. The van der Waals surface area contributed by atoms with Gasteiger partial charge in [0.1, 0.15) is 5.75 Å². The van der Waals surface area contributed by atoms with Crippen LogP contribution in [-0.4, -0.2) is 19.1 Å². The van der Waals surface area contributed by atoms with E-state index in [1.165, 1.54) is 0 Å². The minimum absolute atomic E-state index is 0.0560. The average molecular weight is 277 g/mol. The summed E-state index contributed by atoms with van der Waals surface area (Å²) in [5, 5.41) is 2.97. The Kier molecular flexibility index (Phi) is 6.56. The van der Waals surface area contributed by atoms with Crippen LogP contribution < -0.4 is 10.1 Å². The zero-order chi connectivity index (χ0) is 15.1. The first kappa shape index (κ1) is 16.5. The maximum absolute atomic E-state index is 11.8. The molecule has 0 aliphatic carbocycles. The smallest absolute Gasteiger partial charge is 0.257 e. The van der Waals surface area contributed by atoms with Gasteiger partial charge in [-0.2, -0.15) is 0 Å². The van der Waals surface area contributed by atoms with Crippen molar-refractivity contribution in [1.29, 1.82) is 0 Å². The molecule has 1 amide bonds. The fraction of sp³-hybridized carbons (Fsp3) is 0.588. The number of hydrogen-bond donors (Lipinski definition) is 1. The molecule has 1 aromatic rings. The highest BCUT2D eigenvalue weighted by Gasteiger charge is 2.18. The van der Waals surface area contributed by atoms with E-state index < -0.39 is 0 Å². The topological polar surface area (TPSA) is 38.3 Å². The Balaban J connectivity index is 2.39. The van der Waals surface area contributed by atoms with Gasteiger partial charge in [-0.3, -0.25) is 4.79 Å². The monoisotopic (exact) mass is 277 g/mol. The number of carbonyl (C=O) groups excluding carboxylic acids is 1. The lowest BCUT2D eigenvalue weighted by Gasteiger charge is -2.25. The molecule has 0 atom stereocenters. The number of ether oxygens (including phenoxy) is 1. The van der Waals surface area contributed by atoms with Gasteiger partial charge in [-0.25, -0.2) is 0 Å². The van der Waals surface area contributed by atoms with Crippen molar-refractivity contribution in [2.45, 2.75) is 34.6 Å². The molecule has 0 aromatic heterocycles. The predicted molar refractivity (Wildman–Crippen MR) is 82.8 cm³/mol. The first-order valence-electron chi connectivity index (χ1n) is 7.37. The number of aryl methyl sites for hydroxylation is 1. The maximum atomic E-state index is 11.8. The van der Waals surface area contributed by atoms with Gasteiger partial charge in [-0.1, -0.05) is 45.9 Å². The summed E-state index contributed by atoms with van der Waals surface area (Å²) < 4.78 is 5.54. The Bertz CT molecular complexity index is 419. The molecule has 1 N–H and O–H groups in total. The van der Waals surface area contributed by atoms with E-state index in [1.807, 2.05) is 31.2 Å². The lowest BCUT2D eigenvalue weighted by atomic mass is 9.85. The van der Waals surface area contributed by atoms with Crippen LogP contribution in [-0.2, 0) is 4.79 Å². The van der Waals surface area contributed by atoms with Gasteiger partial charge in [0, 0.05) is 6.54 Å². The molecule has 0 saturated carbocycles. The number of hydrogen-bond acceptors (Lipinski definition) is 2. The third-order valence-electron chi connectivity index (χ3n) is 3.70. The van der Waals surface area contributed by atoms with E-state index in [2.05, 4.69) is 33.0 Å². The molecule has 0 saturated heterocycles. The zero-order valence-electron chi connectivity index (χ0n) is 13.3. The Morgan fingerprint density at radius 1 is 1.15 bits per heavy atom. The standard InChI is InChI=1S/C17H27NO2/c1-12(2)15(13(3)4)10-18-17(19)11-20-16-9-7-6-8-14(16)5/h6-9,12-13,15H,10-11H2,1-5H3,(H,18,19). The molecule has 0 aliphatic heterocycles. The maximum Gasteiger partial charge on any atom is 0.257 e. The van der Waals surface area contributed by atoms with Crippen molar-refractivity contribution >= 4 is 5.91 Å². The van der Waals surface area contributed by atoms with Gasteiger partial charge in [0.05, 0.1) is 0 Å². The molecule has 3 heteroatoms. The van der Waals surface area contributed by atoms with E-state index >= 15 is 0 Å². The summed E-state index contributed by atoms with van der Waals surface area (Å²) >= 11 is 0. The minimum Gasteiger partial charge on any atom is -0.484 e. The molecular formula is C17H27NO2. The summed E-state index contributed by atoms with van der Waals surface area (Å²) in [5.74, 6) is 2.34. The molecule has 0 heterocycles. The molecule has 1 rings (SSSR count). The summed E-state index contributed by atoms with van der Waals surface area (Å²) in [6, 6.07) is 7.72. The van der Waals surface area contributed by atoms with Crippen LogP contribution in [0.4, 0.5) is 0 Å². The number of amides is 1. The molecule has 112 valence electrons. The molecule has 1 aromatic carbocycles. The normalized spacial score (nSPS) is 11.2. The number of rotatable bonds is 7. The van der Waals surface area contributed by atoms with E-state index in [0.717, 1.165) is 11.3 Å². The summed E-state index contributed by atoms with van der Waals surface area (Å²) in [5.41, 5.74) is 1.04. The van der Waals surface area contributed by atoms with Crippen molar-refractivity contribution in [2.24, 2.45) is 17.8 Å². The van der Waals surface area contributed by atoms with Crippen molar-refractivity contribution in [3.8, 4) is 5.75 Å². The van der Waals surface area contributed by atoms with Crippen LogP contribution in [0.25, 0.3) is 0 Å². The quantitative estimate of drug-likeness (QED) is 0.829. The number of para-hydroxylation sites is 1. The highest BCUT2D eigenvalue weighted by molar-refractivity contribution is 5.77. The fourth-order valence-corrected chi connectivity index (χ4v) is 2.39. The van der Waals surface area contributed by atoms with Crippen LogP contribution in [0.5, 0.6) is 5.75 Å². The number of nitrogens with one attached hydrogen (secondary N) is 1. The molecule has 0 radical (unpaired) electrons. The third-order valence-corrected chi connectivity index (χ3v) is 3.70. The fourth-order valence-electron chi connectivity index (χ4n) is 2.39. The van der Waals surface area contributed by atoms with Crippen molar-refractivity contribution < 1.29 is 9.53 Å². The van der Waals surface area contributed by atoms with Gasteiger partial charge >= 0.3 is 0 Å². The molecule has 0 spiro atoms.